The number of hydrogen-bond donors (Lipinski definition) is 0. The van der Waals surface area contributed by atoms with Crippen LogP contribution in [0.2, 0.25) is 0 Å². The van der Waals surface area contributed by atoms with Crippen molar-refractivity contribution in [3.8, 4) is 5.75 Å². The van der Waals surface area contributed by atoms with Gasteiger partial charge in [-0.25, -0.2) is 0 Å². The lowest BCUT2D eigenvalue weighted by Gasteiger charge is -2.35. The molecule has 1 aliphatic heterocycles. The third-order valence-electron chi connectivity index (χ3n) is 3.58. The first kappa shape index (κ1) is 13.9. The second-order valence-electron chi connectivity index (χ2n) is 5.60. The molecular formula is C15H22BrNO. The summed E-state index contributed by atoms with van der Waals surface area (Å²) in [5.74, 6) is 2.59. The summed E-state index contributed by atoms with van der Waals surface area (Å²) in [6.07, 6.45) is 1.35. The predicted molar refractivity (Wildman–Crippen MR) is 78.9 cm³/mol. The van der Waals surface area contributed by atoms with Gasteiger partial charge in [-0.15, -0.1) is 0 Å². The van der Waals surface area contributed by atoms with Crippen molar-refractivity contribution in [2.24, 2.45) is 11.8 Å². The van der Waals surface area contributed by atoms with Gasteiger partial charge in [0.25, 0.3) is 0 Å². The minimum Gasteiger partial charge on any atom is -0.496 e. The van der Waals surface area contributed by atoms with Gasteiger partial charge in [-0.1, -0.05) is 29.8 Å². The highest BCUT2D eigenvalue weighted by Crippen LogP contribution is 2.27. The molecular weight excluding hydrogens is 290 g/mol. The first-order valence-corrected chi connectivity index (χ1v) is 7.42. The van der Waals surface area contributed by atoms with E-state index in [1.807, 2.05) is 12.1 Å². The molecule has 1 aliphatic rings. The summed E-state index contributed by atoms with van der Waals surface area (Å²) in [4.78, 5) is 2.54. The monoisotopic (exact) mass is 311 g/mol. The quantitative estimate of drug-likeness (QED) is 0.838. The van der Waals surface area contributed by atoms with Gasteiger partial charge in [-0.3, -0.25) is 4.90 Å². The highest BCUT2D eigenvalue weighted by atomic mass is 79.9. The molecule has 0 bridgehead atoms. The lowest BCUT2D eigenvalue weighted by atomic mass is 9.91. The number of likely N-dealkylation sites (tertiary alicyclic amines) is 1. The van der Waals surface area contributed by atoms with Crippen LogP contribution < -0.4 is 4.74 Å². The molecule has 1 aromatic carbocycles. The molecule has 1 heterocycles. The average molecular weight is 312 g/mol. The zero-order valence-corrected chi connectivity index (χ0v) is 13.0. The maximum atomic E-state index is 5.45. The number of ether oxygens (including phenoxy) is 1. The van der Waals surface area contributed by atoms with Crippen molar-refractivity contribution in [1.29, 1.82) is 0 Å². The van der Waals surface area contributed by atoms with Crippen molar-refractivity contribution in [3.05, 3.63) is 28.2 Å². The molecule has 2 nitrogen and oxygen atoms in total. The molecule has 0 aliphatic carbocycles. The lowest BCUT2D eigenvalue weighted by molar-refractivity contribution is 0.133. The van der Waals surface area contributed by atoms with Crippen molar-refractivity contribution in [3.63, 3.8) is 0 Å². The number of halogens is 1. The summed E-state index contributed by atoms with van der Waals surface area (Å²) in [6, 6.07) is 6.24. The third-order valence-corrected chi connectivity index (χ3v) is 4.07. The van der Waals surface area contributed by atoms with Crippen molar-refractivity contribution >= 4 is 15.9 Å². The molecule has 1 saturated heterocycles. The van der Waals surface area contributed by atoms with Crippen LogP contribution in [-0.2, 0) is 6.54 Å². The number of nitrogens with zero attached hydrogens (tertiary/aromatic N) is 1. The van der Waals surface area contributed by atoms with Crippen molar-refractivity contribution in [2.45, 2.75) is 26.8 Å². The largest absolute Gasteiger partial charge is 0.496 e. The maximum absolute atomic E-state index is 5.45. The van der Waals surface area contributed by atoms with Crippen molar-refractivity contribution in [1.82, 2.24) is 4.90 Å². The van der Waals surface area contributed by atoms with E-state index in [9.17, 15) is 0 Å². The molecule has 100 valence electrons. The summed E-state index contributed by atoms with van der Waals surface area (Å²) in [5, 5.41) is 0. The van der Waals surface area contributed by atoms with Crippen LogP contribution in [0.5, 0.6) is 5.75 Å². The second-order valence-corrected chi connectivity index (χ2v) is 6.51. The molecule has 0 unspecified atom stereocenters. The van der Waals surface area contributed by atoms with Crippen LogP contribution >= 0.6 is 15.9 Å². The van der Waals surface area contributed by atoms with Crippen LogP contribution in [0.25, 0.3) is 0 Å². The van der Waals surface area contributed by atoms with E-state index < -0.39 is 0 Å². The molecule has 2 atom stereocenters. The Morgan fingerprint density at radius 2 is 1.94 bits per heavy atom. The zero-order valence-electron chi connectivity index (χ0n) is 11.4. The topological polar surface area (TPSA) is 12.5 Å². The van der Waals surface area contributed by atoms with E-state index in [0.29, 0.717) is 0 Å². The van der Waals surface area contributed by atoms with E-state index >= 15 is 0 Å². The molecule has 1 aromatic rings. The van der Waals surface area contributed by atoms with Gasteiger partial charge in [-0.2, -0.15) is 0 Å². The predicted octanol–water partition coefficient (Wildman–Crippen LogP) is 3.94. The average Bonchev–Trinajstić information content (AvgIpc) is 2.27. The lowest BCUT2D eigenvalue weighted by Crippen LogP contribution is -2.38. The molecule has 0 radical (unpaired) electrons. The van der Waals surface area contributed by atoms with Gasteiger partial charge >= 0.3 is 0 Å². The van der Waals surface area contributed by atoms with E-state index in [1.54, 1.807) is 7.11 Å². The first-order valence-electron chi connectivity index (χ1n) is 6.63. The Bertz CT molecular complexity index is 397. The van der Waals surface area contributed by atoms with Crippen molar-refractivity contribution < 1.29 is 4.74 Å². The minimum absolute atomic E-state index is 0.798. The van der Waals surface area contributed by atoms with E-state index in [0.717, 1.165) is 28.6 Å². The van der Waals surface area contributed by atoms with Crippen LogP contribution in [0, 0.1) is 11.8 Å². The molecule has 1 fully saturated rings. The highest BCUT2D eigenvalue weighted by molar-refractivity contribution is 9.10. The van der Waals surface area contributed by atoms with Crippen LogP contribution in [0.4, 0.5) is 0 Å². The van der Waals surface area contributed by atoms with E-state index in [4.69, 9.17) is 4.74 Å². The fourth-order valence-corrected chi connectivity index (χ4v) is 3.44. The molecule has 18 heavy (non-hydrogen) atoms. The Balaban J connectivity index is 2.10. The molecule has 0 aromatic heterocycles. The number of piperidine rings is 1. The Labute approximate surface area is 118 Å². The Hall–Kier alpha value is -0.540. The second kappa shape index (κ2) is 6.07. The molecule has 2 rings (SSSR count). The maximum Gasteiger partial charge on any atom is 0.123 e. The summed E-state index contributed by atoms with van der Waals surface area (Å²) in [5.41, 5.74) is 1.27. The molecule has 0 saturated carbocycles. The normalized spacial score (nSPS) is 25.1. The molecule has 0 amide bonds. The van der Waals surface area contributed by atoms with Crippen LogP contribution in [0.3, 0.4) is 0 Å². The number of methoxy groups -OCH3 is 1. The molecule has 3 heteroatoms. The number of rotatable bonds is 3. The minimum atomic E-state index is 0.798. The van der Waals surface area contributed by atoms with Gasteiger partial charge in [0, 0.05) is 29.7 Å². The fraction of sp³-hybridized carbons (Fsp3) is 0.600. The SMILES string of the molecule is COc1ccc(Br)cc1CN1C[C@@H](C)C[C@H](C)C1. The summed E-state index contributed by atoms with van der Waals surface area (Å²) >= 11 is 3.54. The summed E-state index contributed by atoms with van der Waals surface area (Å²) in [7, 11) is 1.74. The van der Waals surface area contributed by atoms with Gasteiger partial charge in [0.15, 0.2) is 0 Å². The van der Waals surface area contributed by atoms with Gasteiger partial charge in [0.05, 0.1) is 7.11 Å². The summed E-state index contributed by atoms with van der Waals surface area (Å²) in [6.45, 7) is 8.07. The Kier molecular flexibility index (Phi) is 4.68. The smallest absolute Gasteiger partial charge is 0.123 e. The fourth-order valence-electron chi connectivity index (χ4n) is 3.03. The van der Waals surface area contributed by atoms with Gasteiger partial charge in [-0.05, 0) is 36.5 Å². The van der Waals surface area contributed by atoms with E-state index in [1.165, 1.54) is 25.1 Å². The highest BCUT2D eigenvalue weighted by Gasteiger charge is 2.22. The van der Waals surface area contributed by atoms with Gasteiger partial charge in [0.2, 0.25) is 0 Å². The third kappa shape index (κ3) is 3.48. The van der Waals surface area contributed by atoms with Crippen LogP contribution in [-0.4, -0.2) is 25.1 Å². The molecule has 0 N–H and O–H groups in total. The van der Waals surface area contributed by atoms with Gasteiger partial charge in [0.1, 0.15) is 5.75 Å². The van der Waals surface area contributed by atoms with Gasteiger partial charge < -0.3 is 4.74 Å². The Morgan fingerprint density at radius 3 is 2.56 bits per heavy atom. The molecule has 0 spiro atoms. The van der Waals surface area contributed by atoms with Crippen LogP contribution in [0.15, 0.2) is 22.7 Å². The summed E-state index contributed by atoms with van der Waals surface area (Å²) < 4.78 is 6.57. The van der Waals surface area contributed by atoms with E-state index in [-0.39, 0.29) is 0 Å². The van der Waals surface area contributed by atoms with Crippen molar-refractivity contribution in [2.75, 3.05) is 20.2 Å². The number of benzene rings is 1. The standard InChI is InChI=1S/C15H22BrNO/c1-11-6-12(2)9-17(8-11)10-13-7-14(16)4-5-15(13)18-3/h4-5,7,11-12H,6,8-10H2,1-3H3/t11-,12-/m0/s1. The van der Waals surface area contributed by atoms with Crippen LogP contribution in [0.1, 0.15) is 25.8 Å². The zero-order chi connectivity index (χ0) is 13.1. The first-order chi connectivity index (χ1) is 8.58. The van der Waals surface area contributed by atoms with E-state index in [2.05, 4.69) is 40.7 Å². The Morgan fingerprint density at radius 1 is 1.28 bits per heavy atom. The number of hydrogen-bond acceptors (Lipinski definition) is 2.